The predicted octanol–water partition coefficient (Wildman–Crippen LogP) is 2.92. The van der Waals surface area contributed by atoms with Gasteiger partial charge in [0.1, 0.15) is 0 Å². The molecule has 0 aromatic heterocycles. The van der Waals surface area contributed by atoms with Gasteiger partial charge in [0, 0.05) is 15.2 Å². The minimum absolute atomic E-state index is 0.317. The summed E-state index contributed by atoms with van der Waals surface area (Å²) < 4.78 is 24.0. The Labute approximate surface area is 94.5 Å². The van der Waals surface area contributed by atoms with Crippen molar-refractivity contribution in [3.63, 3.8) is 0 Å². The van der Waals surface area contributed by atoms with Crippen LogP contribution in [-0.2, 0) is 9.84 Å². The molecule has 0 amide bonds. The van der Waals surface area contributed by atoms with Crippen molar-refractivity contribution >= 4 is 41.7 Å². The van der Waals surface area contributed by atoms with E-state index < -0.39 is 9.84 Å². The van der Waals surface area contributed by atoms with Gasteiger partial charge in [-0.05, 0) is 24.6 Å². The SMILES string of the molecule is Cc1c(Br)cc(S(C)(=O)=O)cc1Br. The van der Waals surface area contributed by atoms with Crippen LogP contribution in [0.4, 0.5) is 0 Å². The lowest BCUT2D eigenvalue weighted by molar-refractivity contribution is 0.601. The minimum atomic E-state index is -3.12. The Kier molecular flexibility index (Phi) is 3.20. The van der Waals surface area contributed by atoms with E-state index in [1.165, 1.54) is 6.26 Å². The van der Waals surface area contributed by atoms with E-state index in [9.17, 15) is 8.42 Å². The predicted molar refractivity (Wildman–Crippen MR) is 59.7 cm³/mol. The number of hydrogen-bond donors (Lipinski definition) is 0. The van der Waals surface area contributed by atoms with Gasteiger partial charge in [-0.25, -0.2) is 8.42 Å². The van der Waals surface area contributed by atoms with Gasteiger partial charge in [-0.2, -0.15) is 0 Å². The lowest BCUT2D eigenvalue weighted by Crippen LogP contribution is -1.97. The van der Waals surface area contributed by atoms with Gasteiger partial charge in [0.25, 0.3) is 0 Å². The van der Waals surface area contributed by atoms with E-state index in [0.29, 0.717) is 4.90 Å². The number of hydrogen-bond acceptors (Lipinski definition) is 2. The molecule has 0 N–H and O–H groups in total. The second-order valence-electron chi connectivity index (χ2n) is 2.78. The summed E-state index contributed by atoms with van der Waals surface area (Å²) in [7, 11) is -3.12. The summed E-state index contributed by atoms with van der Waals surface area (Å²) in [4.78, 5) is 0.317. The number of halogens is 2. The molecular weight excluding hydrogens is 320 g/mol. The largest absolute Gasteiger partial charge is 0.224 e. The highest BCUT2D eigenvalue weighted by atomic mass is 79.9. The standard InChI is InChI=1S/C8H8Br2O2S/c1-5-7(9)3-6(4-8(5)10)13(2,11)12/h3-4H,1-2H3. The molecule has 72 valence electrons. The second kappa shape index (κ2) is 3.71. The van der Waals surface area contributed by atoms with Crippen LogP contribution in [0.1, 0.15) is 5.56 Å². The first-order valence-corrected chi connectivity index (χ1v) is 6.96. The van der Waals surface area contributed by atoms with Gasteiger partial charge in [0.05, 0.1) is 4.90 Å². The average Bonchev–Trinajstić information content (AvgIpc) is 1.97. The topological polar surface area (TPSA) is 34.1 Å². The zero-order valence-corrected chi connectivity index (χ0v) is 11.1. The summed E-state index contributed by atoms with van der Waals surface area (Å²) in [5.74, 6) is 0. The van der Waals surface area contributed by atoms with E-state index in [4.69, 9.17) is 0 Å². The van der Waals surface area contributed by atoms with E-state index in [0.717, 1.165) is 14.5 Å². The van der Waals surface area contributed by atoms with Crippen molar-refractivity contribution in [3.8, 4) is 0 Å². The zero-order chi connectivity index (χ0) is 10.2. The fourth-order valence-corrected chi connectivity index (χ4v) is 2.99. The van der Waals surface area contributed by atoms with Crippen LogP contribution >= 0.6 is 31.9 Å². The highest BCUT2D eigenvalue weighted by Gasteiger charge is 2.10. The highest BCUT2D eigenvalue weighted by Crippen LogP contribution is 2.28. The van der Waals surface area contributed by atoms with Crippen molar-refractivity contribution in [2.24, 2.45) is 0 Å². The Hall–Kier alpha value is 0.130. The molecule has 0 aliphatic carbocycles. The Bertz CT molecular complexity index is 414. The second-order valence-corrected chi connectivity index (χ2v) is 6.51. The maximum Gasteiger partial charge on any atom is 0.175 e. The van der Waals surface area contributed by atoms with Crippen LogP contribution in [-0.4, -0.2) is 14.7 Å². The summed E-state index contributed by atoms with van der Waals surface area (Å²) >= 11 is 6.59. The lowest BCUT2D eigenvalue weighted by Gasteiger charge is -2.04. The quantitative estimate of drug-likeness (QED) is 0.794. The van der Waals surface area contributed by atoms with E-state index in [1.807, 2.05) is 6.92 Å². The molecule has 0 aliphatic rings. The molecule has 1 aromatic carbocycles. The van der Waals surface area contributed by atoms with Crippen LogP contribution in [0.25, 0.3) is 0 Å². The summed E-state index contributed by atoms with van der Waals surface area (Å²) in [6, 6.07) is 3.21. The fraction of sp³-hybridized carbons (Fsp3) is 0.250. The number of benzene rings is 1. The molecule has 0 saturated carbocycles. The molecule has 0 saturated heterocycles. The fourth-order valence-electron chi connectivity index (χ4n) is 0.836. The van der Waals surface area contributed by atoms with Gasteiger partial charge in [-0.1, -0.05) is 31.9 Å². The molecule has 0 heterocycles. The van der Waals surface area contributed by atoms with Crippen LogP contribution in [0.15, 0.2) is 26.0 Å². The van der Waals surface area contributed by atoms with Crippen molar-refractivity contribution in [2.75, 3.05) is 6.26 Å². The van der Waals surface area contributed by atoms with Crippen molar-refractivity contribution in [3.05, 3.63) is 26.6 Å². The van der Waals surface area contributed by atoms with Crippen molar-refractivity contribution in [1.29, 1.82) is 0 Å². The Balaban J connectivity index is 3.47. The van der Waals surface area contributed by atoms with E-state index in [2.05, 4.69) is 31.9 Å². The van der Waals surface area contributed by atoms with Crippen molar-refractivity contribution < 1.29 is 8.42 Å². The molecule has 5 heteroatoms. The zero-order valence-electron chi connectivity index (χ0n) is 7.14. The summed E-state index contributed by atoms with van der Waals surface area (Å²) in [6.45, 7) is 1.90. The van der Waals surface area contributed by atoms with Crippen LogP contribution in [0.2, 0.25) is 0 Å². The molecule has 1 aromatic rings. The van der Waals surface area contributed by atoms with Gasteiger partial charge < -0.3 is 0 Å². The summed E-state index contributed by atoms with van der Waals surface area (Å²) in [5.41, 5.74) is 0.993. The average molecular weight is 328 g/mol. The normalized spacial score (nSPS) is 11.7. The minimum Gasteiger partial charge on any atom is -0.224 e. The first-order chi connectivity index (χ1) is 5.82. The summed E-state index contributed by atoms with van der Waals surface area (Å²) in [5, 5.41) is 0. The third-order valence-corrected chi connectivity index (χ3v) is 4.42. The molecule has 0 radical (unpaired) electrons. The summed E-state index contributed by atoms with van der Waals surface area (Å²) in [6.07, 6.45) is 1.19. The van der Waals surface area contributed by atoms with Gasteiger partial charge in [-0.3, -0.25) is 0 Å². The lowest BCUT2D eigenvalue weighted by atomic mass is 10.2. The molecule has 0 bridgehead atoms. The highest BCUT2D eigenvalue weighted by molar-refractivity contribution is 9.11. The molecule has 0 aliphatic heterocycles. The maximum absolute atomic E-state index is 11.2. The van der Waals surface area contributed by atoms with Gasteiger partial charge >= 0.3 is 0 Å². The van der Waals surface area contributed by atoms with E-state index in [-0.39, 0.29) is 0 Å². The Morgan fingerprint density at radius 3 is 1.85 bits per heavy atom. The monoisotopic (exact) mass is 326 g/mol. The van der Waals surface area contributed by atoms with E-state index in [1.54, 1.807) is 12.1 Å². The first-order valence-electron chi connectivity index (χ1n) is 3.48. The van der Waals surface area contributed by atoms with Crippen LogP contribution in [0.5, 0.6) is 0 Å². The van der Waals surface area contributed by atoms with E-state index >= 15 is 0 Å². The molecule has 13 heavy (non-hydrogen) atoms. The third-order valence-electron chi connectivity index (χ3n) is 1.68. The molecule has 1 rings (SSSR count). The third kappa shape index (κ3) is 2.54. The maximum atomic E-state index is 11.2. The Morgan fingerprint density at radius 2 is 1.54 bits per heavy atom. The Morgan fingerprint density at radius 1 is 1.15 bits per heavy atom. The van der Waals surface area contributed by atoms with Crippen LogP contribution in [0.3, 0.4) is 0 Å². The van der Waals surface area contributed by atoms with Gasteiger partial charge in [0.2, 0.25) is 0 Å². The molecule has 0 spiro atoms. The molecule has 2 nitrogen and oxygen atoms in total. The first kappa shape index (κ1) is 11.2. The van der Waals surface area contributed by atoms with Crippen LogP contribution < -0.4 is 0 Å². The van der Waals surface area contributed by atoms with Crippen LogP contribution in [0, 0.1) is 6.92 Å². The van der Waals surface area contributed by atoms with Crippen molar-refractivity contribution in [1.82, 2.24) is 0 Å². The molecule has 0 atom stereocenters. The smallest absolute Gasteiger partial charge is 0.175 e. The van der Waals surface area contributed by atoms with Gasteiger partial charge in [0.15, 0.2) is 9.84 Å². The molecule has 0 unspecified atom stereocenters. The number of sulfone groups is 1. The molecular formula is C8H8Br2O2S. The number of rotatable bonds is 1. The van der Waals surface area contributed by atoms with Crippen molar-refractivity contribution in [2.45, 2.75) is 11.8 Å². The van der Waals surface area contributed by atoms with Gasteiger partial charge in [-0.15, -0.1) is 0 Å². The molecule has 0 fully saturated rings.